The van der Waals surface area contributed by atoms with E-state index in [4.69, 9.17) is 4.74 Å². The highest BCUT2D eigenvalue weighted by atomic mass is 16.5. The third kappa shape index (κ3) is 2.15. The van der Waals surface area contributed by atoms with E-state index in [0.717, 1.165) is 0 Å². The van der Waals surface area contributed by atoms with Crippen LogP contribution in [0.25, 0.3) is 0 Å². The van der Waals surface area contributed by atoms with Gasteiger partial charge in [0.2, 0.25) is 6.08 Å². The summed E-state index contributed by atoms with van der Waals surface area (Å²) in [6, 6.07) is 5.89. The number of ether oxygens (including phenoxy) is 1. The monoisotopic (exact) mass is 217 g/mol. The first-order chi connectivity index (χ1) is 7.85. The second-order valence-electron chi connectivity index (χ2n) is 4.12. The Kier molecular flexibility index (Phi) is 3.37. The molecule has 2 rings (SSSR count). The summed E-state index contributed by atoms with van der Waals surface area (Å²) in [5, 5.41) is 0. The van der Waals surface area contributed by atoms with Crippen molar-refractivity contribution in [3.8, 4) is 5.75 Å². The van der Waals surface area contributed by atoms with Gasteiger partial charge < -0.3 is 4.74 Å². The van der Waals surface area contributed by atoms with Crippen LogP contribution in [-0.4, -0.2) is 13.2 Å². The summed E-state index contributed by atoms with van der Waals surface area (Å²) in [6.07, 6.45) is 6.63. The highest BCUT2D eigenvalue weighted by Crippen LogP contribution is 2.38. The van der Waals surface area contributed by atoms with Crippen LogP contribution in [0.1, 0.15) is 37.2 Å². The number of carbonyl (C=O) groups excluding carboxylic acids is 1. The Balaban J connectivity index is 2.33. The van der Waals surface area contributed by atoms with Gasteiger partial charge in [0.1, 0.15) is 11.4 Å². The van der Waals surface area contributed by atoms with Gasteiger partial charge in [0, 0.05) is 0 Å². The molecule has 3 heteroatoms. The zero-order valence-corrected chi connectivity index (χ0v) is 9.40. The van der Waals surface area contributed by atoms with Crippen LogP contribution in [0.3, 0.4) is 0 Å². The van der Waals surface area contributed by atoms with Gasteiger partial charge in [-0.3, -0.25) is 0 Å². The molecule has 0 aliphatic heterocycles. The fourth-order valence-electron chi connectivity index (χ4n) is 2.36. The zero-order chi connectivity index (χ0) is 11.4. The highest BCUT2D eigenvalue weighted by Gasteiger charge is 2.18. The predicted molar refractivity (Wildman–Crippen MR) is 62.0 cm³/mol. The lowest BCUT2D eigenvalue weighted by molar-refractivity contribution is 0.416. The molecule has 0 N–H and O–H groups in total. The molecule has 3 nitrogen and oxygen atoms in total. The Morgan fingerprint density at radius 2 is 2.12 bits per heavy atom. The lowest BCUT2D eigenvalue weighted by Crippen LogP contribution is -1.92. The minimum atomic E-state index is 0.585. The molecule has 0 unspecified atom stereocenters. The van der Waals surface area contributed by atoms with E-state index in [1.807, 2.05) is 12.1 Å². The first-order valence-electron chi connectivity index (χ1n) is 5.61. The molecule has 1 aliphatic rings. The normalized spacial score (nSPS) is 15.8. The molecule has 0 radical (unpaired) electrons. The maximum absolute atomic E-state index is 10.3. The van der Waals surface area contributed by atoms with Crippen molar-refractivity contribution in [2.75, 3.05) is 7.11 Å². The molecule has 0 bridgehead atoms. The molecule has 1 saturated carbocycles. The summed E-state index contributed by atoms with van der Waals surface area (Å²) in [7, 11) is 1.58. The van der Waals surface area contributed by atoms with E-state index in [9.17, 15) is 4.79 Å². The molecule has 0 atom stereocenters. The molecule has 16 heavy (non-hydrogen) atoms. The molecular formula is C13H15NO2. The van der Waals surface area contributed by atoms with Crippen LogP contribution in [0, 0.1) is 0 Å². The molecule has 1 fully saturated rings. The van der Waals surface area contributed by atoms with Crippen LogP contribution in [0.15, 0.2) is 23.2 Å². The summed E-state index contributed by atoms with van der Waals surface area (Å²) in [5.41, 5.74) is 1.84. The summed E-state index contributed by atoms with van der Waals surface area (Å²) in [5.74, 6) is 1.25. The standard InChI is InChI=1S/C13H15NO2/c1-16-13-7-6-11(8-12(13)14-9-15)10-4-2-3-5-10/h6-8,10H,2-5H2,1H3. The molecule has 0 saturated heterocycles. The largest absolute Gasteiger partial charge is 0.494 e. The molecule has 1 aromatic rings. The molecule has 84 valence electrons. The number of benzene rings is 1. The number of rotatable bonds is 3. The van der Waals surface area contributed by atoms with Crippen LogP contribution in [-0.2, 0) is 4.79 Å². The molecule has 0 heterocycles. The SMILES string of the molecule is COc1ccc(C2CCCC2)cc1N=C=O. The van der Waals surface area contributed by atoms with Crippen molar-refractivity contribution in [2.24, 2.45) is 4.99 Å². The fraction of sp³-hybridized carbons (Fsp3) is 0.462. The fourth-order valence-corrected chi connectivity index (χ4v) is 2.36. The van der Waals surface area contributed by atoms with Crippen molar-refractivity contribution in [3.63, 3.8) is 0 Å². The van der Waals surface area contributed by atoms with E-state index in [2.05, 4.69) is 11.1 Å². The van der Waals surface area contributed by atoms with E-state index < -0.39 is 0 Å². The Morgan fingerprint density at radius 1 is 1.38 bits per heavy atom. The second kappa shape index (κ2) is 4.95. The van der Waals surface area contributed by atoms with Gasteiger partial charge in [-0.15, -0.1) is 0 Å². The van der Waals surface area contributed by atoms with Gasteiger partial charge in [-0.25, -0.2) is 4.79 Å². The van der Waals surface area contributed by atoms with E-state index in [1.165, 1.54) is 31.2 Å². The van der Waals surface area contributed by atoms with Gasteiger partial charge in [0.05, 0.1) is 7.11 Å². The number of isocyanates is 1. The number of aliphatic imine (C=N–C) groups is 1. The third-order valence-corrected chi connectivity index (χ3v) is 3.20. The lowest BCUT2D eigenvalue weighted by Gasteiger charge is -2.11. The second-order valence-corrected chi connectivity index (χ2v) is 4.12. The first kappa shape index (κ1) is 10.9. The Morgan fingerprint density at radius 3 is 2.75 bits per heavy atom. The Bertz CT molecular complexity index is 416. The summed E-state index contributed by atoms with van der Waals surface area (Å²) >= 11 is 0. The summed E-state index contributed by atoms with van der Waals surface area (Å²) < 4.78 is 5.14. The van der Waals surface area contributed by atoms with Crippen molar-refractivity contribution in [3.05, 3.63) is 23.8 Å². The average Bonchev–Trinajstić information content (AvgIpc) is 2.83. The van der Waals surface area contributed by atoms with Crippen molar-refractivity contribution in [1.82, 2.24) is 0 Å². The number of hydrogen-bond donors (Lipinski definition) is 0. The summed E-state index contributed by atoms with van der Waals surface area (Å²) in [6.45, 7) is 0. The molecule has 0 amide bonds. The summed E-state index contributed by atoms with van der Waals surface area (Å²) in [4.78, 5) is 14.0. The van der Waals surface area contributed by atoms with Gasteiger partial charge in [0.25, 0.3) is 0 Å². The van der Waals surface area contributed by atoms with Crippen molar-refractivity contribution in [2.45, 2.75) is 31.6 Å². The Hall–Kier alpha value is -1.60. The molecule has 0 aromatic heterocycles. The highest BCUT2D eigenvalue weighted by molar-refractivity contribution is 5.59. The van der Waals surface area contributed by atoms with Gasteiger partial charge in [0.15, 0.2) is 0 Å². The van der Waals surface area contributed by atoms with E-state index in [0.29, 0.717) is 17.4 Å². The van der Waals surface area contributed by atoms with Gasteiger partial charge >= 0.3 is 0 Å². The number of hydrogen-bond acceptors (Lipinski definition) is 3. The van der Waals surface area contributed by atoms with E-state index in [-0.39, 0.29) is 0 Å². The maximum Gasteiger partial charge on any atom is 0.240 e. The van der Waals surface area contributed by atoms with Gasteiger partial charge in [-0.1, -0.05) is 18.9 Å². The van der Waals surface area contributed by atoms with Crippen LogP contribution >= 0.6 is 0 Å². The average molecular weight is 217 g/mol. The number of nitrogens with zero attached hydrogens (tertiary/aromatic N) is 1. The van der Waals surface area contributed by atoms with E-state index >= 15 is 0 Å². The van der Waals surface area contributed by atoms with Gasteiger partial charge in [-0.2, -0.15) is 4.99 Å². The van der Waals surface area contributed by atoms with Crippen LogP contribution in [0.4, 0.5) is 5.69 Å². The van der Waals surface area contributed by atoms with E-state index in [1.54, 1.807) is 13.2 Å². The third-order valence-electron chi connectivity index (χ3n) is 3.20. The molecule has 1 aromatic carbocycles. The quantitative estimate of drug-likeness (QED) is 0.575. The minimum absolute atomic E-state index is 0.585. The zero-order valence-electron chi connectivity index (χ0n) is 9.40. The topological polar surface area (TPSA) is 38.7 Å². The smallest absolute Gasteiger partial charge is 0.240 e. The van der Waals surface area contributed by atoms with Crippen molar-refractivity contribution in [1.29, 1.82) is 0 Å². The number of methoxy groups -OCH3 is 1. The predicted octanol–water partition coefficient (Wildman–Crippen LogP) is 3.32. The lowest BCUT2D eigenvalue weighted by atomic mass is 9.97. The molecule has 1 aliphatic carbocycles. The van der Waals surface area contributed by atoms with Crippen LogP contribution < -0.4 is 4.74 Å². The Labute approximate surface area is 95.2 Å². The minimum Gasteiger partial charge on any atom is -0.494 e. The van der Waals surface area contributed by atoms with Gasteiger partial charge in [-0.05, 0) is 36.5 Å². The molecule has 0 spiro atoms. The maximum atomic E-state index is 10.3. The van der Waals surface area contributed by atoms with Crippen LogP contribution in [0.5, 0.6) is 5.75 Å². The van der Waals surface area contributed by atoms with Crippen molar-refractivity contribution < 1.29 is 9.53 Å². The first-order valence-corrected chi connectivity index (χ1v) is 5.61. The van der Waals surface area contributed by atoms with Crippen LogP contribution in [0.2, 0.25) is 0 Å². The molecular weight excluding hydrogens is 202 g/mol. The van der Waals surface area contributed by atoms with Crippen molar-refractivity contribution >= 4 is 11.8 Å².